The van der Waals surface area contributed by atoms with Crippen molar-refractivity contribution >= 4 is 5.69 Å². The maximum Gasteiger partial charge on any atom is 0.273 e. The minimum atomic E-state index is -0.222. The number of H-pyrrole nitrogens is 1. The van der Waals surface area contributed by atoms with Gasteiger partial charge in [-0.05, 0) is 12.1 Å². The lowest BCUT2D eigenvalue weighted by atomic mass is 10.3. The highest BCUT2D eigenvalue weighted by molar-refractivity contribution is 5.68. The average Bonchev–Trinajstić information content (AvgIpc) is 3.02. The van der Waals surface area contributed by atoms with Crippen molar-refractivity contribution < 1.29 is 0 Å². The van der Waals surface area contributed by atoms with Crippen molar-refractivity contribution in [2.24, 2.45) is 0 Å². The van der Waals surface area contributed by atoms with Crippen LogP contribution in [0.1, 0.15) is 0 Å². The minimum absolute atomic E-state index is 0.222. The molecule has 3 aromatic rings. The second-order valence-corrected chi connectivity index (χ2v) is 4.06. The maximum atomic E-state index is 12.1. The Balaban J connectivity index is 2.23. The van der Waals surface area contributed by atoms with Crippen LogP contribution < -0.4 is 10.9 Å². The summed E-state index contributed by atoms with van der Waals surface area (Å²) in [5.74, 6) is 0.430. The lowest BCUT2D eigenvalue weighted by Gasteiger charge is -2.09. The Morgan fingerprint density at radius 2 is 2.05 bits per heavy atom. The molecule has 20 heavy (non-hydrogen) atoms. The first-order chi connectivity index (χ1) is 9.79. The molecular weight excluding hydrogens is 256 g/mol. The molecule has 0 atom stereocenters. The molecule has 7 heteroatoms. The van der Waals surface area contributed by atoms with Crippen LogP contribution in [-0.2, 0) is 0 Å². The first-order valence-electron chi connectivity index (χ1n) is 6.03. The van der Waals surface area contributed by atoms with E-state index in [0.717, 1.165) is 0 Å². The van der Waals surface area contributed by atoms with Crippen molar-refractivity contribution in [3.63, 3.8) is 0 Å². The Kier molecular flexibility index (Phi) is 3.00. The highest BCUT2D eigenvalue weighted by Gasteiger charge is 2.13. The SMILES string of the molecule is CNc1cc(=O)n(-c2ccccc2)nc1-c1nc[nH]n1. The number of hydrogen-bond donors (Lipinski definition) is 2. The summed E-state index contributed by atoms with van der Waals surface area (Å²) in [6, 6.07) is 10.7. The molecule has 2 aromatic heterocycles. The van der Waals surface area contributed by atoms with Gasteiger partial charge in [-0.25, -0.2) is 4.98 Å². The van der Waals surface area contributed by atoms with Gasteiger partial charge in [-0.3, -0.25) is 9.89 Å². The van der Waals surface area contributed by atoms with Crippen molar-refractivity contribution in [1.29, 1.82) is 0 Å². The monoisotopic (exact) mass is 268 g/mol. The zero-order valence-electron chi connectivity index (χ0n) is 10.7. The summed E-state index contributed by atoms with van der Waals surface area (Å²) in [7, 11) is 1.72. The van der Waals surface area contributed by atoms with Crippen LogP contribution in [0, 0.1) is 0 Å². The molecule has 0 saturated carbocycles. The second kappa shape index (κ2) is 4.96. The van der Waals surface area contributed by atoms with E-state index in [9.17, 15) is 4.79 Å². The fraction of sp³-hybridized carbons (Fsp3) is 0.0769. The molecule has 0 aliphatic heterocycles. The molecule has 0 amide bonds. The molecule has 3 rings (SSSR count). The third kappa shape index (κ3) is 2.05. The molecular formula is C13H12N6O. The molecule has 2 heterocycles. The van der Waals surface area contributed by atoms with E-state index in [0.29, 0.717) is 22.9 Å². The Labute approximate surface area is 114 Å². The molecule has 0 fully saturated rings. The average molecular weight is 268 g/mol. The largest absolute Gasteiger partial charge is 0.386 e. The molecule has 0 aliphatic rings. The van der Waals surface area contributed by atoms with E-state index in [2.05, 4.69) is 25.6 Å². The van der Waals surface area contributed by atoms with Gasteiger partial charge in [0, 0.05) is 13.1 Å². The lowest BCUT2D eigenvalue weighted by Crippen LogP contribution is -2.22. The van der Waals surface area contributed by atoms with E-state index in [1.54, 1.807) is 7.05 Å². The van der Waals surface area contributed by atoms with Gasteiger partial charge in [-0.15, -0.1) is 0 Å². The van der Waals surface area contributed by atoms with E-state index in [-0.39, 0.29) is 5.56 Å². The quantitative estimate of drug-likeness (QED) is 0.741. The van der Waals surface area contributed by atoms with Gasteiger partial charge in [0.05, 0.1) is 11.4 Å². The molecule has 0 radical (unpaired) electrons. The van der Waals surface area contributed by atoms with E-state index in [1.165, 1.54) is 17.1 Å². The zero-order chi connectivity index (χ0) is 13.9. The Morgan fingerprint density at radius 1 is 1.25 bits per heavy atom. The van der Waals surface area contributed by atoms with Gasteiger partial charge in [0.1, 0.15) is 6.33 Å². The van der Waals surface area contributed by atoms with Crippen molar-refractivity contribution in [2.75, 3.05) is 12.4 Å². The maximum absolute atomic E-state index is 12.1. The smallest absolute Gasteiger partial charge is 0.273 e. The predicted molar refractivity (Wildman–Crippen MR) is 74.8 cm³/mol. The van der Waals surface area contributed by atoms with Crippen molar-refractivity contribution in [3.8, 4) is 17.2 Å². The Morgan fingerprint density at radius 3 is 2.70 bits per heavy atom. The van der Waals surface area contributed by atoms with E-state index >= 15 is 0 Å². The van der Waals surface area contributed by atoms with Gasteiger partial charge in [0.2, 0.25) is 5.82 Å². The molecule has 0 aliphatic carbocycles. The van der Waals surface area contributed by atoms with Gasteiger partial charge in [-0.2, -0.15) is 14.9 Å². The fourth-order valence-electron chi connectivity index (χ4n) is 1.89. The number of rotatable bonds is 3. The summed E-state index contributed by atoms with van der Waals surface area (Å²) in [5.41, 5.74) is 1.57. The number of benzene rings is 1. The highest BCUT2D eigenvalue weighted by Crippen LogP contribution is 2.20. The first-order valence-corrected chi connectivity index (χ1v) is 6.03. The number of hydrogen-bond acceptors (Lipinski definition) is 5. The predicted octanol–water partition coefficient (Wildman–Crippen LogP) is 1.06. The molecule has 2 N–H and O–H groups in total. The van der Waals surface area contributed by atoms with Crippen LogP contribution in [-0.4, -0.2) is 32.0 Å². The van der Waals surface area contributed by atoms with E-state index in [4.69, 9.17) is 0 Å². The van der Waals surface area contributed by atoms with Crippen LogP contribution in [0.25, 0.3) is 17.2 Å². The van der Waals surface area contributed by atoms with Crippen LogP contribution >= 0.6 is 0 Å². The van der Waals surface area contributed by atoms with E-state index in [1.807, 2.05) is 30.3 Å². The second-order valence-electron chi connectivity index (χ2n) is 4.06. The number of aromatic amines is 1. The highest BCUT2D eigenvalue weighted by atomic mass is 16.1. The van der Waals surface area contributed by atoms with Crippen molar-refractivity contribution in [2.45, 2.75) is 0 Å². The van der Waals surface area contributed by atoms with Crippen molar-refractivity contribution in [3.05, 3.63) is 53.1 Å². The van der Waals surface area contributed by atoms with E-state index < -0.39 is 0 Å². The number of aromatic nitrogens is 5. The summed E-state index contributed by atoms with van der Waals surface area (Å²) >= 11 is 0. The standard InChI is InChI=1S/C13H12N6O/c1-14-10-7-11(20)19(9-5-3-2-4-6-9)18-12(10)13-15-8-16-17-13/h2-8,14H,1H3,(H,15,16,17). The molecule has 0 spiro atoms. The normalized spacial score (nSPS) is 10.4. The van der Waals surface area contributed by atoms with Gasteiger partial charge in [-0.1, -0.05) is 18.2 Å². The summed E-state index contributed by atoms with van der Waals surface area (Å²) in [6.45, 7) is 0. The number of anilines is 1. The lowest BCUT2D eigenvalue weighted by molar-refractivity contribution is 0.809. The van der Waals surface area contributed by atoms with Crippen LogP contribution in [0.15, 0.2) is 47.5 Å². The molecule has 1 aromatic carbocycles. The number of nitrogens with one attached hydrogen (secondary N) is 2. The minimum Gasteiger partial charge on any atom is -0.386 e. The van der Waals surface area contributed by atoms with Crippen LogP contribution in [0.3, 0.4) is 0 Å². The third-order valence-electron chi connectivity index (χ3n) is 2.83. The third-order valence-corrected chi connectivity index (χ3v) is 2.83. The van der Waals surface area contributed by atoms with Gasteiger partial charge < -0.3 is 5.32 Å². The molecule has 7 nitrogen and oxygen atoms in total. The topological polar surface area (TPSA) is 88.5 Å². The summed E-state index contributed by atoms with van der Waals surface area (Å²) < 4.78 is 1.33. The van der Waals surface area contributed by atoms with Gasteiger partial charge in [0.15, 0.2) is 5.69 Å². The van der Waals surface area contributed by atoms with Crippen molar-refractivity contribution in [1.82, 2.24) is 25.0 Å². The van der Waals surface area contributed by atoms with Crippen LogP contribution in [0.2, 0.25) is 0 Å². The summed E-state index contributed by atoms with van der Waals surface area (Å²) in [6.07, 6.45) is 1.47. The Bertz CT molecular complexity index is 763. The summed E-state index contributed by atoms with van der Waals surface area (Å²) in [4.78, 5) is 16.2. The first kappa shape index (κ1) is 12.1. The summed E-state index contributed by atoms with van der Waals surface area (Å²) in [5, 5.41) is 13.9. The molecule has 0 bridgehead atoms. The molecule has 100 valence electrons. The molecule has 0 saturated heterocycles. The van der Waals surface area contributed by atoms with Gasteiger partial charge in [0.25, 0.3) is 5.56 Å². The Hall–Kier alpha value is -2.96. The van der Waals surface area contributed by atoms with Crippen LogP contribution in [0.4, 0.5) is 5.69 Å². The molecule has 0 unspecified atom stereocenters. The number of nitrogens with zero attached hydrogens (tertiary/aromatic N) is 4. The fourth-order valence-corrected chi connectivity index (χ4v) is 1.89. The zero-order valence-corrected chi connectivity index (χ0v) is 10.7. The van der Waals surface area contributed by atoms with Crippen LogP contribution in [0.5, 0.6) is 0 Å². The number of para-hydroxylation sites is 1. The van der Waals surface area contributed by atoms with Gasteiger partial charge >= 0.3 is 0 Å².